The summed E-state index contributed by atoms with van der Waals surface area (Å²) >= 11 is 0. The minimum absolute atomic E-state index is 0.224. The minimum atomic E-state index is 0.224. The SMILES string of the molecule is CC1CC1CNC(=O)CCCCCCN. The molecule has 1 aliphatic rings. The third kappa shape index (κ3) is 5.78. The monoisotopic (exact) mass is 212 g/mol. The van der Waals surface area contributed by atoms with Gasteiger partial charge in [-0.3, -0.25) is 4.79 Å². The molecule has 2 atom stereocenters. The third-order valence-corrected chi connectivity index (χ3v) is 3.20. The molecule has 0 saturated heterocycles. The highest BCUT2D eigenvalue weighted by atomic mass is 16.1. The van der Waals surface area contributed by atoms with Crippen molar-refractivity contribution in [1.82, 2.24) is 5.32 Å². The Bertz CT molecular complexity index is 194. The van der Waals surface area contributed by atoms with Crippen LogP contribution in [0.5, 0.6) is 0 Å². The van der Waals surface area contributed by atoms with Gasteiger partial charge in [0.1, 0.15) is 0 Å². The number of hydrogen-bond donors (Lipinski definition) is 2. The molecule has 0 aromatic rings. The molecule has 1 saturated carbocycles. The number of unbranched alkanes of at least 4 members (excludes halogenated alkanes) is 3. The number of carbonyl (C=O) groups is 1. The van der Waals surface area contributed by atoms with Crippen LogP contribution in [0.1, 0.15) is 45.4 Å². The zero-order valence-corrected chi connectivity index (χ0v) is 9.80. The van der Waals surface area contributed by atoms with E-state index < -0.39 is 0 Å². The van der Waals surface area contributed by atoms with E-state index in [4.69, 9.17) is 5.73 Å². The van der Waals surface area contributed by atoms with E-state index in [1.807, 2.05) is 0 Å². The standard InChI is InChI=1S/C12H24N2O/c1-10-8-11(10)9-14-12(15)6-4-2-3-5-7-13/h10-11H,2-9,13H2,1H3,(H,14,15). The summed E-state index contributed by atoms with van der Waals surface area (Å²) in [5.41, 5.74) is 5.39. The van der Waals surface area contributed by atoms with Crippen LogP contribution in [0, 0.1) is 11.8 Å². The summed E-state index contributed by atoms with van der Waals surface area (Å²) in [6.45, 7) is 3.90. The first-order valence-corrected chi connectivity index (χ1v) is 6.20. The number of amides is 1. The largest absolute Gasteiger partial charge is 0.356 e. The summed E-state index contributed by atoms with van der Waals surface area (Å²) in [6, 6.07) is 0. The van der Waals surface area contributed by atoms with Crippen LogP contribution < -0.4 is 11.1 Å². The van der Waals surface area contributed by atoms with Gasteiger partial charge >= 0.3 is 0 Å². The first-order chi connectivity index (χ1) is 7.24. The molecule has 15 heavy (non-hydrogen) atoms. The summed E-state index contributed by atoms with van der Waals surface area (Å²) in [6.07, 6.45) is 6.35. The van der Waals surface area contributed by atoms with Gasteiger partial charge in [0, 0.05) is 13.0 Å². The van der Waals surface area contributed by atoms with Crippen LogP contribution in [0.3, 0.4) is 0 Å². The second-order valence-corrected chi connectivity index (χ2v) is 4.73. The van der Waals surface area contributed by atoms with Gasteiger partial charge in [0.05, 0.1) is 0 Å². The maximum Gasteiger partial charge on any atom is 0.220 e. The summed E-state index contributed by atoms with van der Waals surface area (Å²) in [5.74, 6) is 1.81. The summed E-state index contributed by atoms with van der Waals surface area (Å²) in [4.78, 5) is 11.4. The van der Waals surface area contributed by atoms with Crippen molar-refractivity contribution < 1.29 is 4.79 Å². The highest BCUT2D eigenvalue weighted by molar-refractivity contribution is 5.75. The van der Waals surface area contributed by atoms with Crippen molar-refractivity contribution in [1.29, 1.82) is 0 Å². The van der Waals surface area contributed by atoms with E-state index in [1.165, 1.54) is 6.42 Å². The second-order valence-electron chi connectivity index (χ2n) is 4.73. The second kappa shape index (κ2) is 6.83. The zero-order valence-electron chi connectivity index (χ0n) is 9.80. The van der Waals surface area contributed by atoms with Crippen LogP contribution in [0.4, 0.5) is 0 Å². The maximum atomic E-state index is 11.4. The van der Waals surface area contributed by atoms with Crippen LogP contribution >= 0.6 is 0 Å². The summed E-state index contributed by atoms with van der Waals surface area (Å²) in [7, 11) is 0. The van der Waals surface area contributed by atoms with Gasteiger partial charge in [-0.15, -0.1) is 0 Å². The Morgan fingerprint density at radius 2 is 2.00 bits per heavy atom. The number of nitrogens with one attached hydrogen (secondary N) is 1. The van der Waals surface area contributed by atoms with Crippen LogP contribution in [-0.2, 0) is 4.79 Å². The molecule has 3 nitrogen and oxygen atoms in total. The predicted molar refractivity (Wildman–Crippen MR) is 62.4 cm³/mol. The number of nitrogens with two attached hydrogens (primary N) is 1. The van der Waals surface area contributed by atoms with Crippen LogP contribution in [0.2, 0.25) is 0 Å². The Morgan fingerprint density at radius 3 is 2.60 bits per heavy atom. The quantitative estimate of drug-likeness (QED) is 0.601. The fraction of sp³-hybridized carbons (Fsp3) is 0.917. The number of hydrogen-bond acceptors (Lipinski definition) is 2. The zero-order chi connectivity index (χ0) is 11.1. The molecule has 1 fully saturated rings. The minimum Gasteiger partial charge on any atom is -0.356 e. The molecule has 0 heterocycles. The van der Waals surface area contributed by atoms with Gasteiger partial charge in [0.25, 0.3) is 0 Å². The van der Waals surface area contributed by atoms with Crippen LogP contribution in [0.25, 0.3) is 0 Å². The van der Waals surface area contributed by atoms with E-state index in [9.17, 15) is 4.79 Å². The van der Waals surface area contributed by atoms with E-state index >= 15 is 0 Å². The van der Waals surface area contributed by atoms with Crippen molar-refractivity contribution in [2.45, 2.75) is 45.4 Å². The lowest BCUT2D eigenvalue weighted by Gasteiger charge is -2.04. The van der Waals surface area contributed by atoms with Gasteiger partial charge in [0.2, 0.25) is 5.91 Å². The topological polar surface area (TPSA) is 55.1 Å². The molecule has 2 unspecified atom stereocenters. The molecule has 0 bridgehead atoms. The van der Waals surface area contributed by atoms with Crippen molar-refractivity contribution >= 4 is 5.91 Å². The predicted octanol–water partition coefficient (Wildman–Crippen LogP) is 1.67. The van der Waals surface area contributed by atoms with Crippen molar-refractivity contribution in [2.24, 2.45) is 17.6 Å². The molecular formula is C12H24N2O. The fourth-order valence-electron chi connectivity index (χ4n) is 1.80. The highest BCUT2D eigenvalue weighted by Crippen LogP contribution is 2.36. The molecule has 1 aliphatic carbocycles. The lowest BCUT2D eigenvalue weighted by Crippen LogP contribution is -2.25. The molecule has 1 amide bonds. The Labute approximate surface area is 92.8 Å². The summed E-state index contributed by atoms with van der Waals surface area (Å²) < 4.78 is 0. The van der Waals surface area contributed by atoms with E-state index in [1.54, 1.807) is 0 Å². The fourth-order valence-corrected chi connectivity index (χ4v) is 1.80. The molecule has 0 aromatic heterocycles. The first-order valence-electron chi connectivity index (χ1n) is 6.20. The molecule has 0 spiro atoms. The normalized spacial score (nSPS) is 23.9. The molecule has 3 N–H and O–H groups in total. The average molecular weight is 212 g/mol. The van der Waals surface area contributed by atoms with E-state index in [0.29, 0.717) is 6.42 Å². The number of carbonyl (C=O) groups excluding carboxylic acids is 1. The average Bonchev–Trinajstić information content (AvgIpc) is 2.91. The van der Waals surface area contributed by atoms with E-state index in [2.05, 4.69) is 12.2 Å². The molecule has 88 valence electrons. The van der Waals surface area contributed by atoms with Gasteiger partial charge in [0.15, 0.2) is 0 Å². The molecule has 0 aliphatic heterocycles. The smallest absolute Gasteiger partial charge is 0.220 e. The molecule has 1 rings (SSSR count). The molecular weight excluding hydrogens is 188 g/mol. The van der Waals surface area contributed by atoms with Gasteiger partial charge < -0.3 is 11.1 Å². The van der Waals surface area contributed by atoms with Gasteiger partial charge in [-0.1, -0.05) is 19.8 Å². The number of rotatable bonds is 8. The van der Waals surface area contributed by atoms with E-state index in [0.717, 1.165) is 50.6 Å². The molecule has 3 heteroatoms. The van der Waals surface area contributed by atoms with E-state index in [-0.39, 0.29) is 5.91 Å². The lowest BCUT2D eigenvalue weighted by molar-refractivity contribution is -0.121. The Kier molecular flexibility index (Phi) is 5.69. The van der Waals surface area contributed by atoms with Crippen molar-refractivity contribution in [3.8, 4) is 0 Å². The highest BCUT2D eigenvalue weighted by Gasteiger charge is 2.32. The Balaban J connectivity index is 1.85. The first kappa shape index (κ1) is 12.5. The van der Waals surface area contributed by atoms with Crippen molar-refractivity contribution in [3.63, 3.8) is 0 Å². The van der Waals surface area contributed by atoms with Gasteiger partial charge in [-0.25, -0.2) is 0 Å². The van der Waals surface area contributed by atoms with Crippen LogP contribution in [0.15, 0.2) is 0 Å². The lowest BCUT2D eigenvalue weighted by atomic mass is 10.1. The summed E-state index contributed by atoms with van der Waals surface area (Å²) in [5, 5.41) is 3.00. The Hall–Kier alpha value is -0.570. The van der Waals surface area contributed by atoms with Gasteiger partial charge in [-0.2, -0.15) is 0 Å². The third-order valence-electron chi connectivity index (χ3n) is 3.20. The maximum absolute atomic E-state index is 11.4. The molecule has 0 radical (unpaired) electrons. The van der Waals surface area contributed by atoms with Gasteiger partial charge in [-0.05, 0) is 37.6 Å². The molecule has 0 aromatic carbocycles. The van der Waals surface area contributed by atoms with Crippen molar-refractivity contribution in [2.75, 3.05) is 13.1 Å². The van der Waals surface area contributed by atoms with Crippen LogP contribution in [-0.4, -0.2) is 19.0 Å². The Morgan fingerprint density at radius 1 is 1.33 bits per heavy atom. The van der Waals surface area contributed by atoms with Crippen molar-refractivity contribution in [3.05, 3.63) is 0 Å².